The van der Waals surface area contributed by atoms with Crippen LogP contribution in [-0.2, 0) is 0 Å². The van der Waals surface area contributed by atoms with Crippen molar-refractivity contribution in [2.45, 2.75) is 27.7 Å². The van der Waals surface area contributed by atoms with E-state index in [-0.39, 0.29) is 24.4 Å². The summed E-state index contributed by atoms with van der Waals surface area (Å²) in [5.74, 6) is 0. The van der Waals surface area contributed by atoms with E-state index in [1.807, 2.05) is 44.2 Å². The van der Waals surface area contributed by atoms with E-state index < -0.39 is 0 Å². The third-order valence-electron chi connectivity index (χ3n) is 3.56. The number of aryl methyl sites for hydroxylation is 2. The molecule has 3 heteroatoms. The first kappa shape index (κ1) is 17.2. The van der Waals surface area contributed by atoms with Crippen molar-refractivity contribution < 1.29 is 23.7 Å². The van der Waals surface area contributed by atoms with Crippen molar-refractivity contribution in [3.8, 4) is 0 Å². The van der Waals surface area contributed by atoms with E-state index in [0.717, 1.165) is 30.6 Å². The predicted molar refractivity (Wildman–Crippen MR) is 82.7 cm³/mol. The first-order valence-electron chi connectivity index (χ1n) is 6.39. The molecule has 0 atom stereocenters. The molecule has 0 aliphatic rings. The van der Waals surface area contributed by atoms with E-state index in [1.54, 1.807) is 0 Å². The fourth-order valence-electron chi connectivity index (χ4n) is 2.29. The molecule has 0 fully saturated rings. The summed E-state index contributed by atoms with van der Waals surface area (Å²) in [7, 11) is 0.752. The van der Waals surface area contributed by atoms with Crippen LogP contribution in [0.2, 0.25) is 0 Å². The average Bonchev–Trinajstić information content (AvgIpc) is 2.37. The van der Waals surface area contributed by atoms with Crippen molar-refractivity contribution in [1.82, 2.24) is 0 Å². The van der Waals surface area contributed by atoms with Crippen LogP contribution in [0, 0.1) is 27.7 Å². The largest absolute Gasteiger partial charge is 1.00 e. The standard InChI is InChI=1S/C17H18OP.Li/c1-11-10-12(2)16(14(4)13(11)3)17(18)19-15-8-6-5-7-9-15;/h5-10H,1-4H3;/q-1;+1. The molecule has 2 aromatic rings. The number of carbonyl (C=O) groups excluding carboxylic acids is 1. The van der Waals surface area contributed by atoms with E-state index in [9.17, 15) is 4.79 Å². The molecule has 0 saturated heterocycles. The quantitative estimate of drug-likeness (QED) is 0.611. The van der Waals surface area contributed by atoms with Crippen LogP contribution in [0.15, 0.2) is 36.4 Å². The Balaban J connectivity index is 0.00000200. The van der Waals surface area contributed by atoms with Gasteiger partial charge in [-0.1, -0.05) is 36.4 Å². The Kier molecular flexibility index (Phi) is 6.22. The Labute approximate surface area is 135 Å². The minimum atomic E-state index is 0. The predicted octanol–water partition coefficient (Wildman–Crippen LogP) is 1.34. The molecule has 2 aromatic carbocycles. The van der Waals surface area contributed by atoms with Crippen LogP contribution in [0.5, 0.6) is 0 Å². The molecular weight excluding hydrogens is 258 g/mol. The molecule has 1 nitrogen and oxygen atoms in total. The van der Waals surface area contributed by atoms with Crippen molar-refractivity contribution in [1.29, 1.82) is 0 Å². The molecule has 0 aromatic heterocycles. The van der Waals surface area contributed by atoms with Crippen LogP contribution in [0.25, 0.3) is 0 Å². The molecule has 98 valence electrons. The molecule has 0 spiro atoms. The Morgan fingerprint density at radius 3 is 2.10 bits per heavy atom. The molecule has 0 aliphatic heterocycles. The summed E-state index contributed by atoms with van der Waals surface area (Å²) in [5, 5.41) is 1.05. The normalized spacial score (nSPS) is 10.6. The molecule has 0 saturated carbocycles. The van der Waals surface area contributed by atoms with E-state index in [1.165, 1.54) is 11.1 Å². The van der Waals surface area contributed by atoms with Crippen molar-refractivity contribution in [3.05, 3.63) is 64.2 Å². The smallest absolute Gasteiger partial charge is 0.426 e. The minimum absolute atomic E-state index is 0. The van der Waals surface area contributed by atoms with Crippen molar-refractivity contribution in [2.24, 2.45) is 0 Å². The average molecular weight is 276 g/mol. The Morgan fingerprint density at radius 1 is 0.900 bits per heavy atom. The van der Waals surface area contributed by atoms with E-state index in [0.29, 0.717) is 0 Å². The fraction of sp³-hybridized carbons (Fsp3) is 0.235. The van der Waals surface area contributed by atoms with Gasteiger partial charge < -0.3 is 13.4 Å². The zero-order valence-corrected chi connectivity index (χ0v) is 13.7. The maximum Gasteiger partial charge on any atom is 1.00 e. The zero-order chi connectivity index (χ0) is 14.0. The third kappa shape index (κ3) is 3.61. The van der Waals surface area contributed by atoms with Crippen molar-refractivity contribution >= 4 is 19.4 Å². The molecule has 0 aliphatic carbocycles. The molecule has 0 heterocycles. The van der Waals surface area contributed by atoms with E-state index in [4.69, 9.17) is 0 Å². The Morgan fingerprint density at radius 2 is 1.50 bits per heavy atom. The van der Waals surface area contributed by atoms with Gasteiger partial charge in [-0.25, -0.2) is 0 Å². The van der Waals surface area contributed by atoms with Gasteiger partial charge in [0.25, 0.3) is 0 Å². The maximum absolute atomic E-state index is 12.5. The molecule has 0 bridgehead atoms. The zero-order valence-electron chi connectivity index (χ0n) is 12.8. The third-order valence-corrected chi connectivity index (χ3v) is 4.54. The van der Waals surface area contributed by atoms with Gasteiger partial charge in [-0.2, -0.15) is 5.30 Å². The number of benzene rings is 2. The molecule has 2 rings (SSSR count). The van der Waals surface area contributed by atoms with Gasteiger partial charge in [-0.05, 0) is 55.5 Å². The van der Waals surface area contributed by atoms with Gasteiger partial charge in [0.2, 0.25) is 0 Å². The second-order valence-corrected chi connectivity index (χ2v) is 6.03. The molecule has 0 N–H and O–H groups in total. The van der Waals surface area contributed by atoms with Crippen molar-refractivity contribution in [3.63, 3.8) is 0 Å². The van der Waals surface area contributed by atoms with Gasteiger partial charge in [-0.15, -0.1) is 0 Å². The monoisotopic (exact) mass is 276 g/mol. The van der Waals surface area contributed by atoms with E-state index in [2.05, 4.69) is 19.9 Å². The van der Waals surface area contributed by atoms with Gasteiger partial charge in [0.15, 0.2) is 0 Å². The van der Waals surface area contributed by atoms with Crippen LogP contribution >= 0.6 is 8.58 Å². The first-order chi connectivity index (χ1) is 9.00. The summed E-state index contributed by atoms with van der Waals surface area (Å²) in [6, 6.07) is 12.0. The minimum Gasteiger partial charge on any atom is -0.426 e. The molecular formula is C17H18LiOP. The van der Waals surface area contributed by atoms with Gasteiger partial charge >= 0.3 is 18.9 Å². The number of rotatable bonds is 3. The summed E-state index contributed by atoms with van der Waals surface area (Å²) >= 11 is 0. The SMILES string of the molecule is Cc1cc(C)c(C(=O)[P-]c2ccccc2)c(C)c1C.[Li+]. The van der Waals surface area contributed by atoms with Crippen LogP contribution < -0.4 is 24.2 Å². The van der Waals surface area contributed by atoms with Crippen molar-refractivity contribution in [2.75, 3.05) is 0 Å². The summed E-state index contributed by atoms with van der Waals surface area (Å²) < 4.78 is 0. The molecule has 0 unspecified atom stereocenters. The summed E-state index contributed by atoms with van der Waals surface area (Å²) in [6.07, 6.45) is 0. The van der Waals surface area contributed by atoms with Crippen LogP contribution in [-0.4, -0.2) is 5.52 Å². The number of carbonyl (C=O) groups is 1. The van der Waals surface area contributed by atoms with Crippen LogP contribution in [0.1, 0.15) is 32.6 Å². The summed E-state index contributed by atoms with van der Waals surface area (Å²) in [4.78, 5) is 12.5. The van der Waals surface area contributed by atoms with Gasteiger partial charge in [0, 0.05) is 5.52 Å². The van der Waals surface area contributed by atoms with Gasteiger partial charge in [0.1, 0.15) is 0 Å². The maximum atomic E-state index is 12.5. The van der Waals surface area contributed by atoms with Gasteiger partial charge in [0.05, 0.1) is 0 Å². The topological polar surface area (TPSA) is 17.1 Å². The molecule has 0 radical (unpaired) electrons. The summed E-state index contributed by atoms with van der Waals surface area (Å²) in [5.41, 5.74) is 5.73. The molecule has 0 amide bonds. The molecule has 20 heavy (non-hydrogen) atoms. The van der Waals surface area contributed by atoms with Crippen LogP contribution in [0.4, 0.5) is 0 Å². The van der Waals surface area contributed by atoms with E-state index >= 15 is 0 Å². The Bertz CT molecular complexity index is 621. The summed E-state index contributed by atoms with van der Waals surface area (Å²) in [6.45, 7) is 8.25. The second-order valence-electron chi connectivity index (χ2n) is 4.89. The first-order valence-corrected chi connectivity index (χ1v) is 7.28. The second kappa shape index (κ2) is 7.23. The van der Waals surface area contributed by atoms with Crippen LogP contribution in [0.3, 0.4) is 0 Å². The number of hydrogen-bond donors (Lipinski definition) is 0. The number of hydrogen-bond acceptors (Lipinski definition) is 1. The fourth-order valence-corrected chi connectivity index (χ4v) is 3.30. The Hall–Kier alpha value is -0.863. The van der Waals surface area contributed by atoms with Gasteiger partial charge in [-0.3, -0.25) is 0 Å².